The zero-order valence-corrected chi connectivity index (χ0v) is 20.6. The highest BCUT2D eigenvalue weighted by Crippen LogP contribution is 2.27. The maximum Gasteiger partial charge on any atom is 0.186 e. The fourth-order valence-corrected chi connectivity index (χ4v) is 4.98. The molecule has 0 radical (unpaired) electrons. The first-order valence-electron chi connectivity index (χ1n) is 11.5. The predicted octanol–water partition coefficient (Wildman–Crippen LogP) is 4.55. The van der Waals surface area contributed by atoms with Crippen molar-refractivity contribution in [2.24, 2.45) is 0 Å². The highest BCUT2D eigenvalue weighted by Gasteiger charge is 2.18. The lowest BCUT2D eigenvalue weighted by Gasteiger charge is -2.29. The molecule has 1 aliphatic heterocycles. The van der Waals surface area contributed by atoms with Crippen molar-refractivity contribution in [3.63, 3.8) is 0 Å². The smallest absolute Gasteiger partial charge is 0.186 e. The third-order valence-electron chi connectivity index (χ3n) is 6.12. The number of hydrogen-bond donors (Lipinski definition) is 1. The molecule has 7 heteroatoms. The summed E-state index contributed by atoms with van der Waals surface area (Å²) in [6, 6.07) is 17.1. The van der Waals surface area contributed by atoms with Crippen LogP contribution in [0.25, 0.3) is 0 Å². The third-order valence-corrected chi connectivity index (χ3v) is 7.07. The topological polar surface area (TPSA) is 49.9 Å². The summed E-state index contributed by atoms with van der Waals surface area (Å²) >= 11 is 1.71. The molecule has 6 nitrogen and oxygen atoms in total. The van der Waals surface area contributed by atoms with Gasteiger partial charge in [0.05, 0.1) is 19.9 Å². The number of ether oxygens (including phenoxy) is 2. The summed E-state index contributed by atoms with van der Waals surface area (Å²) in [5.41, 5.74) is 3.49. The second-order valence-electron chi connectivity index (χ2n) is 8.64. The fourth-order valence-electron chi connectivity index (χ4n) is 4.16. The van der Waals surface area contributed by atoms with E-state index >= 15 is 0 Å². The average Bonchev–Trinajstić information content (AvgIpc) is 3.33. The van der Waals surface area contributed by atoms with Crippen molar-refractivity contribution in [1.29, 1.82) is 0 Å². The number of likely N-dealkylation sites (tertiary alicyclic amines) is 1. The van der Waals surface area contributed by atoms with Crippen molar-refractivity contribution < 1.29 is 9.47 Å². The maximum atomic E-state index is 5.43. The lowest BCUT2D eigenvalue weighted by molar-refractivity contribution is 0.234. The van der Waals surface area contributed by atoms with E-state index in [2.05, 4.69) is 51.8 Å². The van der Waals surface area contributed by atoms with Crippen LogP contribution >= 0.6 is 11.3 Å². The summed E-state index contributed by atoms with van der Waals surface area (Å²) in [5, 5.41) is 6.92. The Bertz CT molecular complexity index is 967. The lowest BCUT2D eigenvalue weighted by Crippen LogP contribution is -2.40. The molecule has 2 aromatic carbocycles. The number of anilines is 1. The largest absolute Gasteiger partial charge is 0.497 e. The molecular weight excluding hydrogens is 432 g/mol. The Balaban J connectivity index is 1.48. The van der Waals surface area contributed by atoms with E-state index in [1.165, 1.54) is 24.0 Å². The Morgan fingerprint density at radius 1 is 1.00 bits per heavy atom. The van der Waals surface area contributed by atoms with Crippen molar-refractivity contribution in [2.45, 2.75) is 38.5 Å². The number of nitrogens with zero attached hydrogens (tertiary/aromatic N) is 3. The molecular formula is C26H34N4O2S. The number of methoxy groups -OCH3 is 2. The first-order chi connectivity index (χ1) is 16.1. The normalized spacial score (nSPS) is 14.9. The molecule has 2 heterocycles. The zero-order chi connectivity index (χ0) is 23.0. The predicted molar refractivity (Wildman–Crippen MR) is 135 cm³/mol. The van der Waals surface area contributed by atoms with Gasteiger partial charge in [0, 0.05) is 31.1 Å². The van der Waals surface area contributed by atoms with Crippen LogP contribution in [0.5, 0.6) is 11.5 Å². The summed E-state index contributed by atoms with van der Waals surface area (Å²) in [6.45, 7) is 4.65. The van der Waals surface area contributed by atoms with Crippen molar-refractivity contribution in [3.05, 3.63) is 70.7 Å². The molecule has 0 atom stereocenters. The van der Waals surface area contributed by atoms with Gasteiger partial charge < -0.3 is 24.6 Å². The van der Waals surface area contributed by atoms with Crippen LogP contribution in [0.1, 0.15) is 29.7 Å². The fraction of sp³-hybridized carbons (Fsp3) is 0.423. The third kappa shape index (κ3) is 6.69. The first-order valence-corrected chi connectivity index (χ1v) is 12.4. The monoisotopic (exact) mass is 466 g/mol. The van der Waals surface area contributed by atoms with Gasteiger partial charge in [-0.2, -0.15) is 0 Å². The molecule has 0 amide bonds. The Labute approximate surface area is 201 Å². The van der Waals surface area contributed by atoms with Gasteiger partial charge in [0.1, 0.15) is 11.5 Å². The molecule has 3 aromatic rings. The lowest BCUT2D eigenvalue weighted by atomic mass is 10.1. The van der Waals surface area contributed by atoms with Crippen LogP contribution in [-0.4, -0.2) is 50.3 Å². The zero-order valence-electron chi connectivity index (χ0n) is 19.8. The van der Waals surface area contributed by atoms with Gasteiger partial charge in [-0.05, 0) is 68.4 Å². The molecule has 1 saturated heterocycles. The van der Waals surface area contributed by atoms with Crippen LogP contribution in [0.3, 0.4) is 0 Å². The van der Waals surface area contributed by atoms with Gasteiger partial charge >= 0.3 is 0 Å². The van der Waals surface area contributed by atoms with E-state index in [0.29, 0.717) is 6.04 Å². The van der Waals surface area contributed by atoms with E-state index in [0.717, 1.165) is 55.0 Å². The van der Waals surface area contributed by atoms with Crippen LogP contribution in [-0.2, 0) is 19.6 Å². The Morgan fingerprint density at radius 3 is 2.18 bits per heavy atom. The van der Waals surface area contributed by atoms with E-state index in [1.54, 1.807) is 25.6 Å². The maximum absolute atomic E-state index is 5.43. The number of aromatic nitrogens is 1. The quantitative estimate of drug-likeness (QED) is 0.473. The van der Waals surface area contributed by atoms with Crippen molar-refractivity contribution in [3.8, 4) is 11.5 Å². The van der Waals surface area contributed by atoms with Crippen LogP contribution in [0, 0.1) is 0 Å². The highest BCUT2D eigenvalue weighted by atomic mass is 32.1. The number of hydrogen-bond acceptors (Lipinski definition) is 7. The molecule has 0 bridgehead atoms. The van der Waals surface area contributed by atoms with E-state index in [4.69, 9.17) is 14.5 Å². The van der Waals surface area contributed by atoms with E-state index in [9.17, 15) is 0 Å². The molecule has 1 aromatic heterocycles. The number of nitrogens with one attached hydrogen (secondary N) is 1. The van der Waals surface area contributed by atoms with Gasteiger partial charge in [-0.3, -0.25) is 0 Å². The van der Waals surface area contributed by atoms with Crippen molar-refractivity contribution in [1.82, 2.24) is 15.2 Å². The van der Waals surface area contributed by atoms with Gasteiger partial charge in [0.15, 0.2) is 5.13 Å². The molecule has 1 N–H and O–H groups in total. The van der Waals surface area contributed by atoms with Gasteiger partial charge in [0.2, 0.25) is 0 Å². The van der Waals surface area contributed by atoms with Crippen LogP contribution in [0.15, 0.2) is 53.9 Å². The first kappa shape index (κ1) is 23.5. The van der Waals surface area contributed by atoms with Crippen LogP contribution in [0.2, 0.25) is 0 Å². The molecule has 176 valence electrons. The molecule has 1 fully saturated rings. The van der Waals surface area contributed by atoms with Crippen molar-refractivity contribution in [2.75, 3.05) is 39.3 Å². The van der Waals surface area contributed by atoms with Crippen LogP contribution < -0.4 is 19.7 Å². The Morgan fingerprint density at radius 2 is 1.61 bits per heavy atom. The van der Waals surface area contributed by atoms with Crippen LogP contribution in [0.4, 0.5) is 5.13 Å². The minimum absolute atomic E-state index is 0.580. The number of rotatable bonds is 10. The molecule has 0 spiro atoms. The van der Waals surface area contributed by atoms with Gasteiger partial charge in [0.25, 0.3) is 0 Å². The van der Waals surface area contributed by atoms with Crippen molar-refractivity contribution >= 4 is 16.5 Å². The number of benzene rings is 2. The molecule has 0 saturated carbocycles. The van der Waals surface area contributed by atoms with Gasteiger partial charge in [-0.25, -0.2) is 4.98 Å². The highest BCUT2D eigenvalue weighted by molar-refractivity contribution is 7.13. The van der Waals surface area contributed by atoms with E-state index < -0.39 is 0 Å². The summed E-state index contributed by atoms with van der Waals surface area (Å²) in [7, 11) is 5.61. The molecule has 1 aliphatic rings. The minimum Gasteiger partial charge on any atom is -0.497 e. The second kappa shape index (κ2) is 11.5. The summed E-state index contributed by atoms with van der Waals surface area (Å²) < 4.78 is 10.9. The molecule has 0 unspecified atom stereocenters. The summed E-state index contributed by atoms with van der Waals surface area (Å²) in [5.74, 6) is 1.74. The summed E-state index contributed by atoms with van der Waals surface area (Å²) in [6.07, 6.45) is 2.40. The average molecular weight is 467 g/mol. The van der Waals surface area contributed by atoms with Gasteiger partial charge in [-0.1, -0.05) is 24.3 Å². The second-order valence-corrected chi connectivity index (χ2v) is 9.48. The Hall–Kier alpha value is -2.61. The SMILES string of the molecule is COc1cccc(CN(Cc2cccc(OC)c2)c2nc(CNC3CCN(C)CC3)cs2)c1. The summed E-state index contributed by atoms with van der Waals surface area (Å²) in [4.78, 5) is 9.72. The molecule has 0 aliphatic carbocycles. The van der Waals surface area contributed by atoms with E-state index in [-0.39, 0.29) is 0 Å². The molecule has 4 rings (SSSR count). The molecule has 33 heavy (non-hydrogen) atoms. The standard InChI is InChI=1S/C26H34N4O2S/c1-29-12-10-22(11-13-29)27-16-23-19-33-26(28-23)30(17-20-6-4-8-24(14-20)31-2)18-21-7-5-9-25(15-21)32-3/h4-9,14-15,19,22,27H,10-13,16-18H2,1-3H3. The van der Waals surface area contributed by atoms with E-state index in [1.807, 2.05) is 24.3 Å². The minimum atomic E-state index is 0.580. The van der Waals surface area contributed by atoms with Gasteiger partial charge in [-0.15, -0.1) is 11.3 Å². The number of piperidine rings is 1. The Kier molecular flexibility index (Phi) is 8.20. The number of thiazole rings is 1.